The molecule has 1 amide bonds. The summed E-state index contributed by atoms with van der Waals surface area (Å²) in [6.45, 7) is 0. The highest BCUT2D eigenvalue weighted by Gasteiger charge is 2.24. The van der Waals surface area contributed by atoms with Crippen LogP contribution < -0.4 is 5.73 Å². The zero-order valence-electron chi connectivity index (χ0n) is 10.1. The maximum absolute atomic E-state index is 12.3. The molecule has 0 bridgehead atoms. The second kappa shape index (κ2) is 6.19. The van der Waals surface area contributed by atoms with E-state index in [0.29, 0.717) is 11.4 Å². The monoisotopic (exact) mass is 275 g/mol. The molecule has 0 aromatic carbocycles. The predicted molar refractivity (Wildman–Crippen MR) is 72.5 cm³/mol. The highest BCUT2D eigenvalue weighted by Crippen LogP contribution is 2.24. The van der Waals surface area contributed by atoms with E-state index in [0.717, 1.165) is 0 Å². The molecule has 2 heterocycles. The quantitative estimate of drug-likeness (QED) is 0.874. The molecule has 0 saturated carbocycles. The standard InChI is InChI=1S/C13H13N3O2S/c14-12(17)9-19(18)13(10-5-1-3-7-15-10)11-6-2-4-8-16-11/h1-8,13H,9H2,(H2,14,17). The number of nitrogens with two attached hydrogens (primary N) is 1. The number of hydrogen-bond donors (Lipinski definition) is 1. The first-order valence-electron chi connectivity index (χ1n) is 5.66. The summed E-state index contributed by atoms with van der Waals surface area (Å²) < 4.78 is 12.3. The van der Waals surface area contributed by atoms with Crippen LogP contribution in [0.5, 0.6) is 0 Å². The van der Waals surface area contributed by atoms with Crippen molar-refractivity contribution in [1.82, 2.24) is 9.97 Å². The minimum atomic E-state index is -1.49. The zero-order chi connectivity index (χ0) is 13.7. The van der Waals surface area contributed by atoms with Crippen molar-refractivity contribution in [1.29, 1.82) is 0 Å². The molecule has 5 nitrogen and oxygen atoms in total. The number of hydrogen-bond acceptors (Lipinski definition) is 4. The van der Waals surface area contributed by atoms with Crippen LogP contribution >= 0.6 is 0 Å². The fraction of sp³-hybridized carbons (Fsp3) is 0.154. The number of pyridine rings is 2. The third-order valence-corrected chi connectivity index (χ3v) is 4.04. The molecular formula is C13H13N3O2S. The SMILES string of the molecule is NC(=O)CS(=O)C(c1ccccn1)c1ccccn1. The Morgan fingerprint density at radius 1 is 1.11 bits per heavy atom. The average molecular weight is 275 g/mol. The van der Waals surface area contributed by atoms with Crippen molar-refractivity contribution in [3.05, 3.63) is 60.2 Å². The first-order valence-corrected chi connectivity index (χ1v) is 7.04. The number of primary amides is 1. The van der Waals surface area contributed by atoms with Crippen molar-refractivity contribution < 1.29 is 9.00 Å². The summed E-state index contributed by atoms with van der Waals surface area (Å²) in [6.07, 6.45) is 3.24. The molecule has 1 atom stereocenters. The minimum absolute atomic E-state index is 0.211. The molecule has 2 aromatic rings. The van der Waals surface area contributed by atoms with Crippen molar-refractivity contribution in [3.8, 4) is 0 Å². The lowest BCUT2D eigenvalue weighted by Crippen LogP contribution is -2.24. The summed E-state index contributed by atoms with van der Waals surface area (Å²) in [5.74, 6) is -0.812. The number of carbonyl (C=O) groups excluding carboxylic acids is 1. The van der Waals surface area contributed by atoms with E-state index in [2.05, 4.69) is 9.97 Å². The van der Waals surface area contributed by atoms with Crippen LogP contribution in [0.25, 0.3) is 0 Å². The van der Waals surface area contributed by atoms with Crippen LogP contribution in [-0.2, 0) is 15.6 Å². The van der Waals surface area contributed by atoms with Crippen LogP contribution in [0.4, 0.5) is 0 Å². The van der Waals surface area contributed by atoms with E-state index in [1.165, 1.54) is 0 Å². The Bertz CT molecular complexity index is 535. The Morgan fingerprint density at radius 3 is 2.00 bits per heavy atom. The van der Waals surface area contributed by atoms with Gasteiger partial charge in [0.25, 0.3) is 0 Å². The lowest BCUT2D eigenvalue weighted by molar-refractivity contribution is -0.115. The molecule has 1 unspecified atom stereocenters. The van der Waals surface area contributed by atoms with Crippen molar-refractivity contribution in [2.45, 2.75) is 5.25 Å². The molecule has 0 saturated heterocycles. The zero-order valence-corrected chi connectivity index (χ0v) is 10.9. The van der Waals surface area contributed by atoms with Crippen LogP contribution in [0.3, 0.4) is 0 Å². The van der Waals surface area contributed by atoms with Gasteiger partial charge in [-0.15, -0.1) is 0 Å². The minimum Gasteiger partial charge on any atom is -0.369 e. The van der Waals surface area contributed by atoms with Crippen LogP contribution in [0.2, 0.25) is 0 Å². The number of rotatable bonds is 5. The average Bonchev–Trinajstić information content (AvgIpc) is 2.40. The smallest absolute Gasteiger partial charge is 0.230 e. The van der Waals surface area contributed by atoms with Crippen LogP contribution in [0.15, 0.2) is 48.8 Å². The van der Waals surface area contributed by atoms with Gasteiger partial charge >= 0.3 is 0 Å². The number of amides is 1. The van der Waals surface area contributed by atoms with E-state index >= 15 is 0 Å². The van der Waals surface area contributed by atoms with Gasteiger partial charge in [-0.2, -0.15) is 0 Å². The fourth-order valence-corrected chi connectivity index (χ4v) is 2.97. The van der Waals surface area contributed by atoms with E-state index in [9.17, 15) is 9.00 Å². The molecule has 0 aliphatic rings. The van der Waals surface area contributed by atoms with Gasteiger partial charge in [0.2, 0.25) is 5.91 Å². The molecule has 2 N–H and O–H groups in total. The topological polar surface area (TPSA) is 85.9 Å². The summed E-state index contributed by atoms with van der Waals surface area (Å²) in [5, 5.41) is -0.546. The normalized spacial score (nSPS) is 12.3. The molecule has 2 rings (SSSR count). The lowest BCUT2D eigenvalue weighted by atomic mass is 10.2. The lowest BCUT2D eigenvalue weighted by Gasteiger charge is -2.14. The number of aromatic nitrogens is 2. The summed E-state index contributed by atoms with van der Waals surface area (Å²) in [6, 6.07) is 10.7. The summed E-state index contributed by atoms with van der Waals surface area (Å²) in [7, 11) is -1.49. The molecule has 2 aromatic heterocycles. The molecule has 0 radical (unpaired) electrons. The van der Waals surface area contributed by atoms with Gasteiger partial charge < -0.3 is 5.73 Å². The van der Waals surface area contributed by atoms with E-state index in [1.54, 1.807) is 48.8 Å². The maximum Gasteiger partial charge on any atom is 0.230 e. The molecule has 98 valence electrons. The van der Waals surface area contributed by atoms with Gasteiger partial charge in [0.05, 0.1) is 11.4 Å². The third kappa shape index (κ3) is 3.45. The molecular weight excluding hydrogens is 262 g/mol. The predicted octanol–water partition coefficient (Wildman–Crippen LogP) is 0.800. The van der Waals surface area contributed by atoms with Gasteiger partial charge in [0.15, 0.2) is 0 Å². The number of carbonyl (C=O) groups is 1. The van der Waals surface area contributed by atoms with Crippen LogP contribution in [0, 0.1) is 0 Å². The Kier molecular flexibility index (Phi) is 4.35. The fourth-order valence-electron chi connectivity index (χ4n) is 1.71. The van der Waals surface area contributed by atoms with E-state index in [1.807, 2.05) is 0 Å². The largest absolute Gasteiger partial charge is 0.369 e. The highest BCUT2D eigenvalue weighted by atomic mass is 32.2. The molecule has 0 spiro atoms. The van der Waals surface area contributed by atoms with Gasteiger partial charge in [-0.1, -0.05) is 12.1 Å². The van der Waals surface area contributed by atoms with Gasteiger partial charge in [-0.25, -0.2) is 0 Å². The van der Waals surface area contributed by atoms with Gasteiger partial charge in [0, 0.05) is 23.2 Å². The number of nitrogens with zero attached hydrogens (tertiary/aromatic N) is 2. The highest BCUT2D eigenvalue weighted by molar-refractivity contribution is 7.86. The first-order chi connectivity index (χ1) is 9.18. The van der Waals surface area contributed by atoms with Crippen molar-refractivity contribution in [2.75, 3.05) is 5.75 Å². The Labute approximate surface area is 113 Å². The summed E-state index contributed by atoms with van der Waals surface area (Å²) in [5.41, 5.74) is 6.34. The molecule has 0 aliphatic heterocycles. The Morgan fingerprint density at radius 2 is 1.63 bits per heavy atom. The Hall–Kier alpha value is -2.08. The summed E-state index contributed by atoms with van der Waals surface area (Å²) >= 11 is 0. The van der Waals surface area contributed by atoms with E-state index in [-0.39, 0.29) is 5.75 Å². The van der Waals surface area contributed by atoms with Crippen molar-refractivity contribution in [2.24, 2.45) is 5.73 Å². The second-order valence-electron chi connectivity index (χ2n) is 3.88. The third-order valence-electron chi connectivity index (χ3n) is 2.46. The molecule has 19 heavy (non-hydrogen) atoms. The van der Waals surface area contributed by atoms with E-state index in [4.69, 9.17) is 5.73 Å². The summed E-state index contributed by atoms with van der Waals surface area (Å²) in [4.78, 5) is 19.4. The molecule has 0 aliphatic carbocycles. The van der Waals surface area contributed by atoms with Gasteiger partial charge in [0.1, 0.15) is 11.0 Å². The van der Waals surface area contributed by atoms with Crippen molar-refractivity contribution in [3.63, 3.8) is 0 Å². The van der Waals surface area contributed by atoms with Crippen LogP contribution in [-0.4, -0.2) is 25.8 Å². The Balaban J connectivity index is 2.40. The van der Waals surface area contributed by atoms with Crippen LogP contribution in [0.1, 0.15) is 16.6 Å². The molecule has 6 heteroatoms. The first kappa shape index (κ1) is 13.4. The van der Waals surface area contributed by atoms with Gasteiger partial charge in [-0.3, -0.25) is 19.0 Å². The second-order valence-corrected chi connectivity index (χ2v) is 5.40. The van der Waals surface area contributed by atoms with Gasteiger partial charge in [-0.05, 0) is 24.3 Å². The van der Waals surface area contributed by atoms with Crippen molar-refractivity contribution >= 4 is 16.7 Å². The molecule has 0 fully saturated rings. The maximum atomic E-state index is 12.3. The van der Waals surface area contributed by atoms with E-state index < -0.39 is 22.0 Å².